The van der Waals surface area contributed by atoms with Crippen LogP contribution in [0.3, 0.4) is 0 Å². The van der Waals surface area contributed by atoms with E-state index in [1.54, 1.807) is 0 Å². The molecule has 1 N–H and O–H groups in total. The molecule has 0 saturated heterocycles. The van der Waals surface area contributed by atoms with Gasteiger partial charge in [0.25, 0.3) is 10.0 Å². The van der Waals surface area contributed by atoms with Crippen LogP contribution in [0.2, 0.25) is 4.34 Å². The van der Waals surface area contributed by atoms with Crippen molar-refractivity contribution in [3.05, 3.63) is 51.9 Å². The van der Waals surface area contributed by atoms with Gasteiger partial charge in [0.2, 0.25) is 0 Å². The van der Waals surface area contributed by atoms with Crippen molar-refractivity contribution >= 4 is 33.0 Å². The van der Waals surface area contributed by atoms with Gasteiger partial charge in [-0.2, -0.15) is 4.31 Å². The first-order valence-electron chi connectivity index (χ1n) is 6.50. The second-order valence-electron chi connectivity index (χ2n) is 4.91. The van der Waals surface area contributed by atoms with E-state index in [1.807, 2.05) is 30.3 Å². The SMILES string of the molecule is O=S1(=O)c2sc(Cl)cc2[C@H](O)CN1CCc1ccccc1. The molecule has 112 valence electrons. The molecular formula is C14H14ClNO3S2. The monoisotopic (exact) mass is 343 g/mol. The number of rotatable bonds is 3. The molecule has 0 unspecified atom stereocenters. The van der Waals surface area contributed by atoms with Crippen LogP contribution >= 0.6 is 22.9 Å². The molecule has 1 aliphatic rings. The van der Waals surface area contributed by atoms with E-state index in [0.717, 1.165) is 16.9 Å². The highest BCUT2D eigenvalue weighted by molar-refractivity contribution is 7.91. The molecule has 1 atom stereocenters. The van der Waals surface area contributed by atoms with Gasteiger partial charge in [-0.25, -0.2) is 8.42 Å². The van der Waals surface area contributed by atoms with Crippen LogP contribution in [0.4, 0.5) is 0 Å². The fourth-order valence-corrected chi connectivity index (χ4v) is 5.97. The number of hydrogen-bond donors (Lipinski definition) is 1. The number of benzene rings is 1. The maximum atomic E-state index is 12.6. The average molecular weight is 344 g/mol. The molecule has 1 aromatic heterocycles. The zero-order chi connectivity index (χ0) is 15.0. The summed E-state index contributed by atoms with van der Waals surface area (Å²) < 4.78 is 27.0. The van der Waals surface area contributed by atoms with Gasteiger partial charge in [0.1, 0.15) is 4.21 Å². The van der Waals surface area contributed by atoms with Gasteiger partial charge in [0.05, 0.1) is 10.4 Å². The van der Waals surface area contributed by atoms with Crippen LogP contribution in [0.25, 0.3) is 0 Å². The van der Waals surface area contributed by atoms with Crippen molar-refractivity contribution in [1.29, 1.82) is 0 Å². The van der Waals surface area contributed by atoms with Crippen molar-refractivity contribution in [1.82, 2.24) is 4.31 Å². The van der Waals surface area contributed by atoms with Crippen molar-refractivity contribution in [2.24, 2.45) is 0 Å². The van der Waals surface area contributed by atoms with Gasteiger partial charge in [0, 0.05) is 18.7 Å². The number of fused-ring (bicyclic) bond motifs is 1. The molecule has 0 fully saturated rings. The Balaban J connectivity index is 1.84. The molecule has 0 saturated carbocycles. The number of thiophene rings is 1. The van der Waals surface area contributed by atoms with Gasteiger partial charge in [-0.3, -0.25) is 0 Å². The summed E-state index contributed by atoms with van der Waals surface area (Å²) in [6.07, 6.45) is -0.204. The topological polar surface area (TPSA) is 57.6 Å². The molecule has 2 aromatic rings. The molecule has 0 aliphatic carbocycles. The zero-order valence-electron chi connectivity index (χ0n) is 11.1. The third kappa shape index (κ3) is 2.86. The Hall–Kier alpha value is -0.920. The lowest BCUT2D eigenvalue weighted by Crippen LogP contribution is -2.40. The lowest BCUT2D eigenvalue weighted by molar-refractivity contribution is 0.139. The first-order chi connectivity index (χ1) is 9.98. The summed E-state index contributed by atoms with van der Waals surface area (Å²) in [6.45, 7) is 0.424. The number of β-amino-alcohol motifs (C(OH)–C–C–N with tert-alkyl or cyclic N) is 1. The second-order valence-corrected chi connectivity index (χ2v) is 8.72. The van der Waals surface area contributed by atoms with Gasteiger partial charge in [-0.05, 0) is 18.1 Å². The summed E-state index contributed by atoms with van der Waals surface area (Å²) in [6, 6.07) is 11.2. The third-order valence-corrected chi connectivity index (χ3v) is 7.17. The van der Waals surface area contributed by atoms with Gasteiger partial charge in [-0.1, -0.05) is 41.9 Å². The lowest BCUT2D eigenvalue weighted by Gasteiger charge is -2.29. The second kappa shape index (κ2) is 5.70. The molecule has 7 heteroatoms. The Morgan fingerprint density at radius 3 is 2.76 bits per heavy atom. The average Bonchev–Trinajstić information content (AvgIpc) is 2.86. The molecule has 0 bridgehead atoms. The van der Waals surface area contributed by atoms with Crippen molar-refractivity contribution in [2.75, 3.05) is 13.1 Å². The van der Waals surface area contributed by atoms with Crippen LogP contribution in [-0.4, -0.2) is 30.9 Å². The van der Waals surface area contributed by atoms with E-state index in [-0.39, 0.29) is 10.8 Å². The molecule has 21 heavy (non-hydrogen) atoms. The van der Waals surface area contributed by atoms with E-state index < -0.39 is 16.1 Å². The Morgan fingerprint density at radius 1 is 1.33 bits per heavy atom. The third-order valence-electron chi connectivity index (χ3n) is 3.50. The van der Waals surface area contributed by atoms with E-state index in [9.17, 15) is 13.5 Å². The van der Waals surface area contributed by atoms with Crippen LogP contribution < -0.4 is 0 Å². The zero-order valence-corrected chi connectivity index (χ0v) is 13.5. The fourth-order valence-electron chi connectivity index (χ4n) is 2.41. The maximum absolute atomic E-state index is 12.6. The molecule has 0 amide bonds. The predicted octanol–water partition coefficient (Wildman–Crippen LogP) is 2.68. The molecular weight excluding hydrogens is 330 g/mol. The smallest absolute Gasteiger partial charge is 0.253 e. The Morgan fingerprint density at radius 2 is 2.05 bits per heavy atom. The van der Waals surface area contributed by atoms with Crippen molar-refractivity contribution < 1.29 is 13.5 Å². The Labute approximate surface area is 132 Å². The van der Waals surface area contributed by atoms with Crippen LogP contribution in [0, 0.1) is 0 Å². The number of sulfonamides is 1. The van der Waals surface area contributed by atoms with Crippen LogP contribution in [0.5, 0.6) is 0 Å². The molecule has 0 spiro atoms. The molecule has 3 rings (SSSR count). The highest BCUT2D eigenvalue weighted by atomic mass is 35.5. The highest BCUT2D eigenvalue weighted by Gasteiger charge is 2.37. The largest absolute Gasteiger partial charge is 0.387 e. The Kier molecular flexibility index (Phi) is 4.07. The minimum absolute atomic E-state index is 0.0786. The van der Waals surface area contributed by atoms with Crippen molar-refractivity contribution in [3.63, 3.8) is 0 Å². The van der Waals surface area contributed by atoms with Gasteiger partial charge in [0.15, 0.2) is 0 Å². The molecule has 1 aromatic carbocycles. The van der Waals surface area contributed by atoms with E-state index in [1.165, 1.54) is 10.4 Å². The predicted molar refractivity (Wildman–Crippen MR) is 83.2 cm³/mol. The fraction of sp³-hybridized carbons (Fsp3) is 0.286. The minimum atomic E-state index is -3.56. The van der Waals surface area contributed by atoms with Crippen LogP contribution in [0.15, 0.2) is 40.6 Å². The highest BCUT2D eigenvalue weighted by Crippen LogP contribution is 2.40. The summed E-state index contributed by atoms with van der Waals surface area (Å²) in [7, 11) is -3.56. The first kappa shape index (κ1) is 15.0. The quantitative estimate of drug-likeness (QED) is 0.932. The number of halogens is 1. The summed E-state index contributed by atoms with van der Waals surface area (Å²) >= 11 is 6.89. The van der Waals surface area contributed by atoms with Crippen molar-refractivity contribution in [2.45, 2.75) is 16.7 Å². The Bertz CT molecular complexity index is 743. The molecule has 4 nitrogen and oxygen atoms in total. The number of aliphatic hydroxyl groups is 1. The summed E-state index contributed by atoms with van der Waals surface area (Å²) in [5.74, 6) is 0. The number of nitrogens with zero attached hydrogens (tertiary/aromatic N) is 1. The first-order valence-corrected chi connectivity index (χ1v) is 9.13. The standard InChI is InChI=1S/C14H14ClNO3S2/c15-13-8-11-12(17)9-16(21(18,19)14(11)20-13)7-6-10-4-2-1-3-5-10/h1-5,8,12,17H,6-7,9H2/t12-/m1/s1. The number of hydrogen-bond acceptors (Lipinski definition) is 4. The number of aliphatic hydroxyl groups excluding tert-OH is 1. The molecule has 2 heterocycles. The van der Waals surface area contributed by atoms with Crippen LogP contribution in [0.1, 0.15) is 17.2 Å². The van der Waals surface area contributed by atoms with E-state index in [0.29, 0.717) is 22.9 Å². The molecule has 0 radical (unpaired) electrons. The summed E-state index contributed by atoms with van der Waals surface area (Å²) in [5.41, 5.74) is 1.48. The summed E-state index contributed by atoms with van der Waals surface area (Å²) in [5, 5.41) is 10.1. The normalized spacial score (nSPS) is 21.1. The van der Waals surface area contributed by atoms with E-state index >= 15 is 0 Å². The summed E-state index contributed by atoms with van der Waals surface area (Å²) in [4.78, 5) is 0. The maximum Gasteiger partial charge on any atom is 0.253 e. The van der Waals surface area contributed by atoms with Gasteiger partial charge in [-0.15, -0.1) is 11.3 Å². The molecule has 1 aliphatic heterocycles. The van der Waals surface area contributed by atoms with E-state index in [4.69, 9.17) is 11.6 Å². The van der Waals surface area contributed by atoms with Gasteiger partial charge >= 0.3 is 0 Å². The lowest BCUT2D eigenvalue weighted by atomic mass is 10.1. The van der Waals surface area contributed by atoms with Gasteiger partial charge < -0.3 is 5.11 Å². The minimum Gasteiger partial charge on any atom is -0.387 e. The van der Waals surface area contributed by atoms with E-state index in [2.05, 4.69) is 0 Å². The van der Waals surface area contributed by atoms with Crippen LogP contribution in [-0.2, 0) is 16.4 Å². The van der Waals surface area contributed by atoms with Crippen molar-refractivity contribution in [3.8, 4) is 0 Å².